The van der Waals surface area contributed by atoms with E-state index in [0.717, 1.165) is 61.9 Å². The normalized spacial score (nSPS) is 19.3. The van der Waals surface area contributed by atoms with Crippen LogP contribution in [-0.2, 0) is 9.59 Å². The van der Waals surface area contributed by atoms with Crippen LogP contribution in [0.2, 0.25) is 0 Å². The molecule has 0 bridgehead atoms. The molecule has 1 saturated heterocycles. The SMILES string of the molecule is Cc1ccc(C2CC(=O)C(=CCCCN3CCN(C(=S)Nc4ccccc4)CC3)C(=O)C2)cc1. The Morgan fingerprint density at radius 2 is 1.62 bits per heavy atom. The molecule has 2 aromatic rings. The molecule has 0 radical (unpaired) electrons. The number of nitrogens with one attached hydrogen (secondary N) is 1. The molecule has 0 aromatic heterocycles. The van der Waals surface area contributed by atoms with Crippen LogP contribution in [0.5, 0.6) is 0 Å². The number of hydrogen-bond acceptors (Lipinski definition) is 4. The van der Waals surface area contributed by atoms with Gasteiger partial charge in [0.05, 0.1) is 5.57 Å². The third-order valence-corrected chi connectivity index (χ3v) is 7.08. The predicted octanol–water partition coefficient (Wildman–Crippen LogP) is 4.73. The monoisotopic (exact) mass is 475 g/mol. The molecular weight excluding hydrogens is 442 g/mol. The van der Waals surface area contributed by atoms with Gasteiger partial charge in [0, 0.05) is 44.7 Å². The minimum atomic E-state index is -0.00475. The number of thiocarbonyl (C=S) groups is 1. The van der Waals surface area contributed by atoms with Crippen LogP contribution in [0, 0.1) is 6.92 Å². The molecule has 2 fully saturated rings. The molecule has 5 nitrogen and oxygen atoms in total. The highest BCUT2D eigenvalue weighted by Crippen LogP contribution is 2.32. The standard InChI is InChI=1S/C28H33N3O2S/c1-21-10-12-22(13-11-21)23-19-26(32)25(27(33)20-23)9-5-6-14-30-15-17-31(18-16-30)28(34)29-24-7-3-2-4-8-24/h2-4,7-13,23H,5-6,14-20H2,1H3,(H,29,34). The van der Waals surface area contributed by atoms with E-state index in [9.17, 15) is 9.59 Å². The van der Waals surface area contributed by atoms with Gasteiger partial charge in [-0.2, -0.15) is 0 Å². The number of aryl methyl sites for hydroxylation is 1. The van der Waals surface area contributed by atoms with Crippen molar-refractivity contribution in [1.29, 1.82) is 0 Å². The van der Waals surface area contributed by atoms with E-state index in [4.69, 9.17) is 12.2 Å². The summed E-state index contributed by atoms with van der Waals surface area (Å²) in [6.07, 6.45) is 4.44. The fourth-order valence-electron chi connectivity index (χ4n) is 4.66. The Kier molecular flexibility index (Phi) is 8.25. The van der Waals surface area contributed by atoms with Gasteiger partial charge >= 0.3 is 0 Å². The topological polar surface area (TPSA) is 52.7 Å². The van der Waals surface area contributed by atoms with Crippen LogP contribution in [-0.4, -0.2) is 59.2 Å². The number of Topliss-reactive ketones (excluding diaryl/α,β-unsaturated/α-hetero) is 2. The number of para-hydroxylation sites is 1. The Morgan fingerprint density at radius 3 is 2.26 bits per heavy atom. The third-order valence-electron chi connectivity index (χ3n) is 6.72. The van der Waals surface area contributed by atoms with Gasteiger partial charge in [0.1, 0.15) is 0 Å². The first-order valence-electron chi connectivity index (χ1n) is 12.2. The van der Waals surface area contributed by atoms with E-state index in [-0.39, 0.29) is 17.5 Å². The van der Waals surface area contributed by atoms with Gasteiger partial charge in [0.2, 0.25) is 0 Å². The Labute approximate surface area is 207 Å². The summed E-state index contributed by atoms with van der Waals surface area (Å²) in [6.45, 7) is 6.73. The number of anilines is 1. The van der Waals surface area contributed by atoms with Gasteiger partial charge in [-0.1, -0.05) is 54.1 Å². The van der Waals surface area contributed by atoms with Crippen molar-refractivity contribution in [3.8, 4) is 0 Å². The van der Waals surface area contributed by atoms with Gasteiger partial charge in [0.25, 0.3) is 0 Å². The third kappa shape index (κ3) is 6.39. The second-order valence-corrected chi connectivity index (χ2v) is 9.63. The van der Waals surface area contributed by atoms with Crippen LogP contribution in [0.25, 0.3) is 0 Å². The van der Waals surface area contributed by atoms with Crippen molar-refractivity contribution in [2.45, 2.75) is 38.5 Å². The number of allylic oxidation sites excluding steroid dienone is 2. The summed E-state index contributed by atoms with van der Waals surface area (Å²) in [6, 6.07) is 18.2. The van der Waals surface area contributed by atoms with E-state index in [1.165, 1.54) is 5.56 Å². The maximum atomic E-state index is 12.7. The quantitative estimate of drug-likeness (QED) is 0.282. The number of ketones is 2. The summed E-state index contributed by atoms with van der Waals surface area (Å²) in [5.74, 6) is 0.00115. The number of unbranched alkanes of at least 4 members (excludes halogenated alkanes) is 1. The highest BCUT2D eigenvalue weighted by molar-refractivity contribution is 7.80. The molecule has 1 aliphatic carbocycles. The van der Waals surface area contributed by atoms with Gasteiger partial charge < -0.3 is 10.2 Å². The molecule has 0 spiro atoms. The Balaban J connectivity index is 1.18. The first-order chi connectivity index (χ1) is 16.5. The molecule has 1 aliphatic heterocycles. The Bertz CT molecular complexity index is 1020. The molecule has 1 N–H and O–H groups in total. The molecule has 2 aromatic carbocycles. The van der Waals surface area contributed by atoms with Gasteiger partial charge in [-0.25, -0.2) is 0 Å². The Hall–Kier alpha value is -2.83. The molecule has 178 valence electrons. The van der Waals surface area contributed by atoms with Crippen molar-refractivity contribution in [2.75, 3.05) is 38.0 Å². The van der Waals surface area contributed by atoms with Crippen molar-refractivity contribution < 1.29 is 9.59 Å². The fraction of sp³-hybridized carbons (Fsp3) is 0.393. The number of rotatable bonds is 6. The summed E-state index contributed by atoms with van der Waals surface area (Å²) in [5.41, 5.74) is 3.71. The van der Waals surface area contributed by atoms with Gasteiger partial charge in [-0.3, -0.25) is 14.5 Å². The summed E-state index contributed by atoms with van der Waals surface area (Å²) >= 11 is 5.57. The zero-order valence-electron chi connectivity index (χ0n) is 19.8. The lowest BCUT2D eigenvalue weighted by atomic mass is 9.79. The van der Waals surface area contributed by atoms with Crippen LogP contribution in [0.4, 0.5) is 5.69 Å². The van der Waals surface area contributed by atoms with Crippen LogP contribution in [0.15, 0.2) is 66.2 Å². The van der Waals surface area contributed by atoms with E-state index >= 15 is 0 Å². The first kappa shape index (κ1) is 24.3. The van der Waals surface area contributed by atoms with Crippen molar-refractivity contribution in [3.05, 3.63) is 77.4 Å². The number of piperazine rings is 1. The first-order valence-corrected chi connectivity index (χ1v) is 12.6. The number of hydrogen-bond donors (Lipinski definition) is 1. The van der Waals surface area contributed by atoms with Crippen molar-refractivity contribution in [2.24, 2.45) is 0 Å². The maximum Gasteiger partial charge on any atom is 0.173 e. The lowest BCUT2D eigenvalue weighted by Crippen LogP contribution is -2.50. The lowest BCUT2D eigenvalue weighted by Gasteiger charge is -2.36. The number of carbonyl (C=O) groups is 2. The fourth-order valence-corrected chi connectivity index (χ4v) is 4.96. The summed E-state index contributed by atoms with van der Waals surface area (Å²) in [4.78, 5) is 30.0. The molecule has 0 unspecified atom stereocenters. The molecule has 34 heavy (non-hydrogen) atoms. The van der Waals surface area contributed by atoms with Crippen molar-refractivity contribution in [1.82, 2.24) is 9.80 Å². The maximum absolute atomic E-state index is 12.7. The van der Waals surface area contributed by atoms with Crippen molar-refractivity contribution in [3.63, 3.8) is 0 Å². The minimum Gasteiger partial charge on any atom is -0.346 e. The summed E-state index contributed by atoms with van der Waals surface area (Å²) < 4.78 is 0. The molecule has 6 heteroatoms. The molecule has 1 heterocycles. The molecule has 2 aliphatic rings. The number of carbonyl (C=O) groups excluding carboxylic acids is 2. The number of benzene rings is 2. The predicted molar refractivity (Wildman–Crippen MR) is 141 cm³/mol. The molecule has 0 amide bonds. The zero-order valence-corrected chi connectivity index (χ0v) is 20.7. The highest BCUT2D eigenvalue weighted by Gasteiger charge is 2.31. The largest absolute Gasteiger partial charge is 0.346 e. The summed E-state index contributed by atoms with van der Waals surface area (Å²) in [5, 5.41) is 4.08. The van der Waals surface area contributed by atoms with Crippen LogP contribution in [0.1, 0.15) is 42.7 Å². The van der Waals surface area contributed by atoms with E-state index in [0.29, 0.717) is 18.4 Å². The minimum absolute atomic E-state index is 0.00475. The second-order valence-electron chi connectivity index (χ2n) is 9.25. The van der Waals surface area contributed by atoms with Crippen LogP contribution < -0.4 is 5.32 Å². The van der Waals surface area contributed by atoms with Crippen molar-refractivity contribution >= 4 is 34.6 Å². The highest BCUT2D eigenvalue weighted by atomic mass is 32.1. The molecule has 4 rings (SSSR count). The molecule has 0 atom stereocenters. The van der Waals surface area contributed by atoms with Gasteiger partial charge in [-0.15, -0.1) is 0 Å². The van der Waals surface area contributed by atoms with E-state index < -0.39 is 0 Å². The van der Waals surface area contributed by atoms with Gasteiger partial charge in [-0.05, 0) is 62.1 Å². The van der Waals surface area contributed by atoms with E-state index in [1.54, 1.807) is 0 Å². The smallest absolute Gasteiger partial charge is 0.173 e. The van der Waals surface area contributed by atoms with Crippen LogP contribution >= 0.6 is 12.2 Å². The second kappa shape index (κ2) is 11.5. The Morgan fingerprint density at radius 1 is 0.971 bits per heavy atom. The van der Waals surface area contributed by atoms with E-state index in [1.807, 2.05) is 67.6 Å². The number of nitrogens with zero attached hydrogens (tertiary/aromatic N) is 2. The van der Waals surface area contributed by atoms with E-state index in [2.05, 4.69) is 15.1 Å². The summed E-state index contributed by atoms with van der Waals surface area (Å²) in [7, 11) is 0. The van der Waals surface area contributed by atoms with Gasteiger partial charge in [0.15, 0.2) is 16.7 Å². The average molecular weight is 476 g/mol. The zero-order chi connectivity index (χ0) is 23.9. The lowest BCUT2D eigenvalue weighted by molar-refractivity contribution is -0.124. The average Bonchev–Trinajstić information content (AvgIpc) is 2.84. The van der Waals surface area contributed by atoms with Crippen LogP contribution in [0.3, 0.4) is 0 Å². The molecular formula is C28H33N3O2S. The molecule has 1 saturated carbocycles.